The molecule has 1 amide bonds. The van der Waals surface area contributed by atoms with Gasteiger partial charge < -0.3 is 4.90 Å². The van der Waals surface area contributed by atoms with Crippen LogP contribution in [0.3, 0.4) is 0 Å². The maximum atomic E-state index is 13.3. The summed E-state index contributed by atoms with van der Waals surface area (Å²) in [6.07, 6.45) is 6.96. The van der Waals surface area contributed by atoms with E-state index in [4.69, 9.17) is 0 Å². The van der Waals surface area contributed by atoms with E-state index in [1.807, 2.05) is 66.3 Å². The van der Waals surface area contributed by atoms with E-state index in [2.05, 4.69) is 26.1 Å². The molecule has 1 fully saturated rings. The summed E-state index contributed by atoms with van der Waals surface area (Å²) in [5.41, 5.74) is 3.43. The van der Waals surface area contributed by atoms with Gasteiger partial charge in [0.1, 0.15) is 0 Å². The summed E-state index contributed by atoms with van der Waals surface area (Å²) in [7, 11) is 1.90. The highest BCUT2D eigenvalue weighted by Crippen LogP contribution is 2.32. The van der Waals surface area contributed by atoms with E-state index in [1.165, 1.54) is 0 Å². The number of hydrogen-bond donors (Lipinski definition) is 0. The maximum Gasteiger partial charge on any atom is 0.274 e. The van der Waals surface area contributed by atoms with Gasteiger partial charge in [-0.25, -0.2) is 4.68 Å². The molecule has 1 atom stereocenters. The number of hydrogen-bond acceptors (Lipinski definition) is 3. The molecule has 140 valence electrons. The van der Waals surface area contributed by atoms with E-state index in [0.717, 1.165) is 47.2 Å². The van der Waals surface area contributed by atoms with Crippen molar-refractivity contribution in [2.75, 3.05) is 6.54 Å². The van der Waals surface area contributed by atoms with E-state index >= 15 is 0 Å². The van der Waals surface area contributed by atoms with Gasteiger partial charge in [-0.3, -0.25) is 9.48 Å². The largest absolute Gasteiger partial charge is 0.330 e. The predicted octanol–water partition coefficient (Wildman–Crippen LogP) is 4.04. The van der Waals surface area contributed by atoms with Crippen LogP contribution in [0.15, 0.2) is 47.2 Å². The molecule has 1 aromatic carbocycles. The minimum absolute atomic E-state index is 0.0162. The average molecular weight is 428 g/mol. The lowest BCUT2D eigenvalue weighted by Gasteiger charge is -2.34. The minimum Gasteiger partial charge on any atom is -0.330 e. The normalized spacial score (nSPS) is 17.3. The zero-order chi connectivity index (χ0) is 19.0. The minimum atomic E-state index is -0.0162. The number of aromatic nitrogens is 4. The molecule has 0 radical (unpaired) electrons. The van der Waals surface area contributed by atoms with Gasteiger partial charge in [0.05, 0.1) is 17.9 Å². The Labute approximate surface area is 166 Å². The Morgan fingerprint density at radius 2 is 2.07 bits per heavy atom. The lowest BCUT2D eigenvalue weighted by atomic mass is 9.97. The van der Waals surface area contributed by atoms with Gasteiger partial charge in [-0.15, -0.1) is 0 Å². The van der Waals surface area contributed by atoms with Crippen LogP contribution in [0.25, 0.3) is 5.69 Å². The number of rotatable bonds is 3. The molecule has 1 aliphatic heterocycles. The van der Waals surface area contributed by atoms with Crippen molar-refractivity contribution in [3.05, 3.63) is 64.1 Å². The number of likely N-dealkylation sites (tertiary alicyclic amines) is 1. The van der Waals surface area contributed by atoms with Crippen LogP contribution in [0.4, 0.5) is 0 Å². The van der Waals surface area contributed by atoms with Crippen LogP contribution in [-0.2, 0) is 7.05 Å². The number of carbonyl (C=O) groups excluding carboxylic acids is 1. The first-order valence-electron chi connectivity index (χ1n) is 9.15. The van der Waals surface area contributed by atoms with E-state index < -0.39 is 0 Å². The summed E-state index contributed by atoms with van der Waals surface area (Å²) in [5.74, 6) is -0.0162. The van der Waals surface area contributed by atoms with Gasteiger partial charge >= 0.3 is 0 Å². The molecule has 6 nitrogen and oxygen atoms in total. The van der Waals surface area contributed by atoms with E-state index in [9.17, 15) is 4.79 Å². The van der Waals surface area contributed by atoms with Gasteiger partial charge in [0.25, 0.3) is 5.91 Å². The summed E-state index contributed by atoms with van der Waals surface area (Å²) in [6.45, 7) is 2.72. The molecule has 0 N–H and O–H groups in total. The molecule has 1 unspecified atom stereocenters. The second-order valence-electron chi connectivity index (χ2n) is 6.99. The molecular formula is C20H22BrN5O. The lowest BCUT2D eigenvalue weighted by molar-refractivity contribution is 0.0605. The van der Waals surface area contributed by atoms with Crippen molar-refractivity contribution in [1.82, 2.24) is 24.5 Å². The first-order chi connectivity index (χ1) is 13.0. The smallest absolute Gasteiger partial charge is 0.274 e. The second kappa shape index (κ2) is 7.31. The van der Waals surface area contributed by atoms with Crippen molar-refractivity contribution in [1.29, 1.82) is 0 Å². The fraction of sp³-hybridized carbons (Fsp3) is 0.350. The highest BCUT2D eigenvalue weighted by molar-refractivity contribution is 9.10. The number of aryl methyl sites for hydroxylation is 2. The number of para-hydroxylation sites is 1. The van der Waals surface area contributed by atoms with Crippen LogP contribution in [0.5, 0.6) is 0 Å². The summed E-state index contributed by atoms with van der Waals surface area (Å²) >= 11 is 3.57. The standard InChI is InChI=1S/C20H22BrN5O/c1-14-11-17(23-26(14)19-9-4-3-7-16(19)21)20(27)25-10-6-5-8-18(25)15-12-22-24(2)13-15/h3-4,7,9,11-13,18H,5-6,8,10H2,1-2H3. The van der Waals surface area contributed by atoms with Crippen molar-refractivity contribution in [2.45, 2.75) is 32.2 Å². The van der Waals surface area contributed by atoms with Gasteiger partial charge in [-0.1, -0.05) is 12.1 Å². The van der Waals surface area contributed by atoms with Crippen molar-refractivity contribution < 1.29 is 4.79 Å². The molecule has 0 spiro atoms. The van der Waals surface area contributed by atoms with Crippen LogP contribution in [0.2, 0.25) is 0 Å². The first-order valence-corrected chi connectivity index (χ1v) is 9.95. The molecule has 4 rings (SSSR count). The fourth-order valence-corrected chi connectivity index (χ4v) is 4.18. The lowest BCUT2D eigenvalue weighted by Crippen LogP contribution is -2.38. The molecule has 1 aliphatic rings. The summed E-state index contributed by atoms with van der Waals surface area (Å²) < 4.78 is 4.56. The van der Waals surface area contributed by atoms with E-state index in [1.54, 1.807) is 4.68 Å². The molecular weight excluding hydrogens is 406 g/mol. The Morgan fingerprint density at radius 1 is 1.26 bits per heavy atom. The quantitative estimate of drug-likeness (QED) is 0.633. The number of amides is 1. The van der Waals surface area contributed by atoms with Crippen LogP contribution >= 0.6 is 15.9 Å². The summed E-state index contributed by atoms with van der Waals surface area (Å²) in [4.78, 5) is 15.2. The van der Waals surface area contributed by atoms with Gasteiger partial charge in [0, 0.05) is 35.5 Å². The molecule has 0 bridgehead atoms. The van der Waals surface area contributed by atoms with Gasteiger partial charge in [-0.2, -0.15) is 10.2 Å². The van der Waals surface area contributed by atoms with E-state index in [0.29, 0.717) is 5.69 Å². The number of piperidine rings is 1. The molecule has 0 saturated carbocycles. The third-order valence-electron chi connectivity index (χ3n) is 5.06. The Hall–Kier alpha value is -2.41. The second-order valence-corrected chi connectivity index (χ2v) is 7.85. The van der Waals surface area contributed by atoms with Crippen molar-refractivity contribution in [2.24, 2.45) is 7.05 Å². The molecule has 27 heavy (non-hydrogen) atoms. The zero-order valence-corrected chi connectivity index (χ0v) is 17.1. The molecule has 2 aromatic heterocycles. The molecule has 3 aromatic rings. The highest BCUT2D eigenvalue weighted by atomic mass is 79.9. The Morgan fingerprint density at radius 3 is 2.81 bits per heavy atom. The number of carbonyl (C=O) groups is 1. The highest BCUT2D eigenvalue weighted by Gasteiger charge is 2.31. The maximum absolute atomic E-state index is 13.3. The summed E-state index contributed by atoms with van der Waals surface area (Å²) in [6, 6.07) is 9.82. The van der Waals surface area contributed by atoms with Crippen molar-refractivity contribution >= 4 is 21.8 Å². The molecule has 7 heteroatoms. The molecule has 1 saturated heterocycles. The number of halogens is 1. The average Bonchev–Trinajstić information content (AvgIpc) is 3.27. The van der Waals surface area contributed by atoms with Gasteiger partial charge in [0.15, 0.2) is 5.69 Å². The third kappa shape index (κ3) is 3.43. The Bertz CT molecular complexity index is 976. The van der Waals surface area contributed by atoms with E-state index in [-0.39, 0.29) is 11.9 Å². The fourth-order valence-electron chi connectivity index (χ4n) is 3.73. The van der Waals surface area contributed by atoms with Crippen LogP contribution in [-0.4, -0.2) is 36.9 Å². The van der Waals surface area contributed by atoms with Crippen molar-refractivity contribution in [3.63, 3.8) is 0 Å². The third-order valence-corrected chi connectivity index (χ3v) is 5.73. The Balaban J connectivity index is 1.66. The van der Waals surface area contributed by atoms with Crippen LogP contribution in [0.1, 0.15) is 47.1 Å². The summed E-state index contributed by atoms with van der Waals surface area (Å²) in [5, 5.41) is 8.90. The monoisotopic (exact) mass is 427 g/mol. The van der Waals surface area contributed by atoms with Crippen LogP contribution in [0, 0.1) is 6.92 Å². The molecule has 0 aliphatic carbocycles. The number of benzene rings is 1. The van der Waals surface area contributed by atoms with Gasteiger partial charge in [0.2, 0.25) is 0 Å². The topological polar surface area (TPSA) is 56.0 Å². The SMILES string of the molecule is Cc1cc(C(=O)N2CCCCC2c2cnn(C)c2)nn1-c1ccccc1Br. The zero-order valence-electron chi connectivity index (χ0n) is 15.5. The van der Waals surface area contributed by atoms with Crippen LogP contribution < -0.4 is 0 Å². The Kier molecular flexibility index (Phi) is 4.86. The molecule has 3 heterocycles. The first kappa shape index (κ1) is 18.0. The number of nitrogens with zero attached hydrogens (tertiary/aromatic N) is 5. The van der Waals surface area contributed by atoms with Gasteiger partial charge in [-0.05, 0) is 60.3 Å². The van der Waals surface area contributed by atoms with Crippen molar-refractivity contribution in [3.8, 4) is 5.69 Å². The predicted molar refractivity (Wildman–Crippen MR) is 107 cm³/mol.